The topological polar surface area (TPSA) is 38.1 Å². The van der Waals surface area contributed by atoms with Gasteiger partial charge in [0, 0.05) is 41.8 Å². The Labute approximate surface area is 181 Å². The number of nitrogens with zero attached hydrogens (tertiary/aromatic N) is 3. The molecule has 0 N–H and O–H groups in total. The molecule has 2 aromatic heterocycles. The number of fused-ring (bicyclic) bond motifs is 4. The van der Waals surface area contributed by atoms with E-state index in [4.69, 9.17) is 0 Å². The molecule has 1 amide bonds. The van der Waals surface area contributed by atoms with Crippen LogP contribution in [0.4, 0.5) is 0 Å². The minimum absolute atomic E-state index is 0.0787. The predicted octanol–water partition coefficient (Wildman–Crippen LogP) is 5.59. The molecule has 0 radical (unpaired) electrons. The van der Waals surface area contributed by atoms with Crippen molar-refractivity contribution in [1.29, 1.82) is 0 Å². The molecular formula is C27H23N3O. The van der Waals surface area contributed by atoms with Gasteiger partial charge >= 0.3 is 0 Å². The van der Waals surface area contributed by atoms with Crippen LogP contribution in [0.15, 0.2) is 79.1 Å². The number of rotatable bonds is 2. The first-order valence-corrected chi connectivity index (χ1v) is 10.7. The summed E-state index contributed by atoms with van der Waals surface area (Å²) in [5, 5.41) is 0. The lowest BCUT2D eigenvalue weighted by Crippen LogP contribution is -2.36. The summed E-state index contributed by atoms with van der Waals surface area (Å²) >= 11 is 0. The summed E-state index contributed by atoms with van der Waals surface area (Å²) in [7, 11) is 1.95. The maximum absolute atomic E-state index is 13.5. The Kier molecular flexibility index (Phi) is 3.75. The third kappa shape index (κ3) is 2.61. The largest absolute Gasteiger partial charge is 0.331 e. The average Bonchev–Trinajstić information content (AvgIpc) is 3.50. The highest BCUT2D eigenvalue weighted by molar-refractivity contribution is 5.97. The van der Waals surface area contributed by atoms with Crippen LogP contribution in [0.1, 0.15) is 34.6 Å². The van der Waals surface area contributed by atoms with Crippen molar-refractivity contribution in [3.8, 4) is 27.9 Å². The van der Waals surface area contributed by atoms with Gasteiger partial charge in [-0.3, -0.25) is 9.78 Å². The highest BCUT2D eigenvalue weighted by Gasteiger charge is 2.53. The number of benzene rings is 2. The Bertz CT molecular complexity index is 1330. The Morgan fingerprint density at radius 2 is 1.71 bits per heavy atom. The molecule has 1 spiro atoms. The van der Waals surface area contributed by atoms with Crippen molar-refractivity contribution in [2.45, 2.75) is 25.3 Å². The highest BCUT2D eigenvalue weighted by atomic mass is 16.2. The average molecular weight is 406 g/mol. The molecule has 1 fully saturated rings. The lowest BCUT2D eigenvalue weighted by Gasteiger charge is -2.27. The Balaban J connectivity index is 1.61. The van der Waals surface area contributed by atoms with Gasteiger partial charge in [-0.1, -0.05) is 48.5 Å². The molecule has 4 heteroatoms. The number of aryl methyl sites for hydroxylation is 1. The Morgan fingerprint density at radius 3 is 2.45 bits per heavy atom. The summed E-state index contributed by atoms with van der Waals surface area (Å²) in [4.78, 5) is 19.9. The number of pyridine rings is 1. The number of amides is 1. The molecule has 2 aromatic carbocycles. The quantitative estimate of drug-likeness (QED) is 0.436. The maximum atomic E-state index is 13.5. The SMILES string of the molecule is Cc1ncccc1-c1ccc2c(c1)-n1cc(-c3ccccc3)cc1C(=O)N(C)C21CC1. The number of carbonyl (C=O) groups is 1. The van der Waals surface area contributed by atoms with Gasteiger partial charge in [-0.15, -0.1) is 0 Å². The van der Waals surface area contributed by atoms with Crippen molar-refractivity contribution in [2.75, 3.05) is 7.05 Å². The molecule has 0 bridgehead atoms. The van der Waals surface area contributed by atoms with Gasteiger partial charge in [-0.05, 0) is 49.1 Å². The second kappa shape index (κ2) is 6.42. The molecular weight excluding hydrogens is 382 g/mol. The van der Waals surface area contributed by atoms with Crippen molar-refractivity contribution >= 4 is 5.91 Å². The first kappa shape index (κ1) is 18.1. The van der Waals surface area contributed by atoms with E-state index in [1.54, 1.807) is 0 Å². The van der Waals surface area contributed by atoms with E-state index in [1.807, 2.05) is 55.4 Å². The molecule has 1 aliphatic carbocycles. The van der Waals surface area contributed by atoms with E-state index < -0.39 is 0 Å². The summed E-state index contributed by atoms with van der Waals surface area (Å²) < 4.78 is 2.10. The Morgan fingerprint density at radius 1 is 0.903 bits per heavy atom. The standard InChI is InChI=1S/C27H23N3O/c1-18-22(9-6-14-28-18)20-10-11-23-24(15-20)30-17-21(19-7-4-3-5-8-19)16-25(30)26(31)29(2)27(23)12-13-27/h3-11,14-17H,12-13H2,1-2H3. The van der Waals surface area contributed by atoms with E-state index in [0.717, 1.165) is 46.5 Å². The van der Waals surface area contributed by atoms with E-state index in [-0.39, 0.29) is 11.4 Å². The second-order valence-corrected chi connectivity index (χ2v) is 8.61. The molecule has 1 aliphatic heterocycles. The van der Waals surface area contributed by atoms with Crippen molar-refractivity contribution in [3.05, 3.63) is 96.1 Å². The zero-order chi connectivity index (χ0) is 21.2. The lowest BCUT2D eigenvalue weighted by molar-refractivity contribution is 0.0705. The fourth-order valence-electron chi connectivity index (χ4n) is 4.97. The highest BCUT2D eigenvalue weighted by Crippen LogP contribution is 2.54. The normalized spacial score (nSPS) is 16.1. The van der Waals surface area contributed by atoms with Crippen LogP contribution in [-0.2, 0) is 5.54 Å². The maximum Gasteiger partial charge on any atom is 0.271 e. The first-order valence-electron chi connectivity index (χ1n) is 10.7. The van der Waals surface area contributed by atoms with Crippen LogP contribution < -0.4 is 0 Å². The predicted molar refractivity (Wildman–Crippen MR) is 122 cm³/mol. The third-order valence-corrected chi connectivity index (χ3v) is 6.89. The molecule has 6 rings (SSSR count). The van der Waals surface area contributed by atoms with Gasteiger partial charge in [0.25, 0.3) is 5.91 Å². The minimum atomic E-state index is -0.194. The van der Waals surface area contributed by atoms with Gasteiger partial charge in [0.15, 0.2) is 0 Å². The van der Waals surface area contributed by atoms with Crippen LogP contribution >= 0.6 is 0 Å². The molecule has 3 heterocycles. The van der Waals surface area contributed by atoms with E-state index in [9.17, 15) is 4.79 Å². The van der Waals surface area contributed by atoms with Crippen LogP contribution in [-0.4, -0.2) is 27.4 Å². The molecule has 152 valence electrons. The lowest BCUT2D eigenvalue weighted by atomic mass is 9.96. The molecule has 4 nitrogen and oxygen atoms in total. The Hall–Kier alpha value is -3.66. The summed E-state index contributed by atoms with van der Waals surface area (Å²) in [6.07, 6.45) is 5.94. The monoisotopic (exact) mass is 405 g/mol. The number of hydrogen-bond donors (Lipinski definition) is 0. The molecule has 4 aromatic rings. The van der Waals surface area contributed by atoms with Crippen molar-refractivity contribution in [1.82, 2.24) is 14.5 Å². The van der Waals surface area contributed by atoms with Gasteiger partial charge in [-0.2, -0.15) is 0 Å². The zero-order valence-electron chi connectivity index (χ0n) is 17.7. The summed E-state index contributed by atoms with van der Waals surface area (Å²) in [6.45, 7) is 2.04. The van der Waals surface area contributed by atoms with Gasteiger partial charge in [0.2, 0.25) is 0 Å². The van der Waals surface area contributed by atoms with Crippen LogP contribution in [0, 0.1) is 6.92 Å². The number of aromatic nitrogens is 2. The van der Waals surface area contributed by atoms with Crippen molar-refractivity contribution in [2.24, 2.45) is 0 Å². The van der Waals surface area contributed by atoms with Gasteiger partial charge in [-0.25, -0.2) is 0 Å². The molecule has 0 atom stereocenters. The van der Waals surface area contributed by atoms with Crippen molar-refractivity contribution in [3.63, 3.8) is 0 Å². The van der Waals surface area contributed by atoms with Gasteiger partial charge < -0.3 is 9.47 Å². The van der Waals surface area contributed by atoms with Crippen LogP contribution in [0.2, 0.25) is 0 Å². The summed E-state index contributed by atoms with van der Waals surface area (Å²) in [6, 6.07) is 23.0. The number of hydrogen-bond acceptors (Lipinski definition) is 2. The molecule has 0 unspecified atom stereocenters. The van der Waals surface area contributed by atoms with E-state index in [1.165, 1.54) is 5.56 Å². The summed E-state index contributed by atoms with van der Waals surface area (Å²) in [5.41, 5.74) is 8.25. The zero-order valence-corrected chi connectivity index (χ0v) is 17.7. The second-order valence-electron chi connectivity index (χ2n) is 8.61. The van der Waals surface area contributed by atoms with E-state index in [2.05, 4.69) is 52.1 Å². The third-order valence-electron chi connectivity index (χ3n) is 6.89. The first-order chi connectivity index (χ1) is 15.1. The molecule has 2 aliphatic rings. The van der Waals surface area contributed by atoms with E-state index in [0.29, 0.717) is 5.69 Å². The van der Waals surface area contributed by atoms with Crippen LogP contribution in [0.5, 0.6) is 0 Å². The summed E-state index contributed by atoms with van der Waals surface area (Å²) in [5.74, 6) is 0.0787. The van der Waals surface area contributed by atoms with Gasteiger partial charge in [0.05, 0.1) is 11.2 Å². The molecule has 31 heavy (non-hydrogen) atoms. The molecule has 1 saturated carbocycles. The number of carbonyl (C=O) groups excluding carboxylic acids is 1. The van der Waals surface area contributed by atoms with Crippen LogP contribution in [0.25, 0.3) is 27.9 Å². The van der Waals surface area contributed by atoms with E-state index >= 15 is 0 Å². The fraction of sp³-hybridized carbons (Fsp3) is 0.185. The van der Waals surface area contributed by atoms with Crippen molar-refractivity contribution < 1.29 is 4.79 Å². The fourth-order valence-corrected chi connectivity index (χ4v) is 4.97. The van der Waals surface area contributed by atoms with Gasteiger partial charge in [0.1, 0.15) is 5.69 Å². The molecule has 0 saturated heterocycles. The smallest absolute Gasteiger partial charge is 0.271 e. The van der Waals surface area contributed by atoms with Crippen LogP contribution in [0.3, 0.4) is 0 Å². The minimum Gasteiger partial charge on any atom is -0.331 e.